The first-order valence-electron chi connectivity index (χ1n) is 12.0. The van der Waals surface area contributed by atoms with Crippen molar-refractivity contribution in [2.45, 2.75) is 97.9 Å². The number of hydrogen-bond donors (Lipinski definition) is 3. The predicted molar refractivity (Wildman–Crippen MR) is 133 cm³/mol. The van der Waals surface area contributed by atoms with Crippen LogP contribution < -0.4 is 10.6 Å². The monoisotopic (exact) mass is 477 g/mol. The number of aliphatic hydroxyl groups excluding tert-OH is 1. The average Bonchev–Trinajstić information content (AvgIpc) is 2.68. The van der Waals surface area contributed by atoms with E-state index < -0.39 is 41.8 Å². The standard InChI is InChI=1S/C26H43N3O5/c1-9-10-11-15-29(23(32)20(17-30)27-24(33)34-26(6,7)8)21(22(31)28-25(3,4)5)19-14-12-13-18(2)16-19/h12-14,16,20-21,30H,9-11,15,17H2,1-8H3,(H,27,33)(H,28,31). The Balaban J connectivity index is 3.40. The zero-order valence-electron chi connectivity index (χ0n) is 22.0. The van der Waals surface area contributed by atoms with Gasteiger partial charge in [-0.3, -0.25) is 9.59 Å². The lowest BCUT2D eigenvalue weighted by molar-refractivity contribution is -0.144. The van der Waals surface area contributed by atoms with Crippen LogP contribution in [0.1, 0.15) is 84.9 Å². The molecular weight excluding hydrogens is 434 g/mol. The van der Waals surface area contributed by atoms with Crippen molar-refractivity contribution in [1.82, 2.24) is 15.5 Å². The predicted octanol–water partition coefficient (Wildman–Crippen LogP) is 3.86. The van der Waals surface area contributed by atoms with Crippen LogP contribution in [-0.4, -0.2) is 58.2 Å². The fourth-order valence-electron chi connectivity index (χ4n) is 3.49. The molecule has 2 atom stereocenters. The second-order valence-electron chi connectivity index (χ2n) is 10.7. The van der Waals surface area contributed by atoms with Crippen molar-refractivity contribution >= 4 is 17.9 Å². The Morgan fingerprint density at radius 1 is 1.09 bits per heavy atom. The van der Waals surface area contributed by atoms with Gasteiger partial charge < -0.3 is 25.4 Å². The second-order valence-corrected chi connectivity index (χ2v) is 10.7. The van der Waals surface area contributed by atoms with Gasteiger partial charge in [-0.15, -0.1) is 0 Å². The van der Waals surface area contributed by atoms with Gasteiger partial charge in [0.15, 0.2) is 0 Å². The van der Waals surface area contributed by atoms with E-state index in [0.717, 1.165) is 18.4 Å². The molecule has 3 amide bonds. The van der Waals surface area contributed by atoms with Gasteiger partial charge in [0.05, 0.1) is 6.61 Å². The summed E-state index contributed by atoms with van der Waals surface area (Å²) in [4.78, 5) is 40.9. The minimum Gasteiger partial charge on any atom is -0.444 e. The first kappa shape index (κ1) is 29.4. The molecule has 0 radical (unpaired) electrons. The van der Waals surface area contributed by atoms with Crippen LogP contribution in [0.4, 0.5) is 4.79 Å². The fraction of sp³-hybridized carbons (Fsp3) is 0.654. The minimum atomic E-state index is -1.24. The van der Waals surface area contributed by atoms with Crippen molar-refractivity contribution in [3.63, 3.8) is 0 Å². The van der Waals surface area contributed by atoms with Crippen LogP contribution in [0, 0.1) is 6.92 Å². The molecule has 0 aliphatic rings. The van der Waals surface area contributed by atoms with Gasteiger partial charge in [-0.1, -0.05) is 49.6 Å². The van der Waals surface area contributed by atoms with Crippen LogP contribution in [-0.2, 0) is 14.3 Å². The Hall–Kier alpha value is -2.61. The van der Waals surface area contributed by atoms with Gasteiger partial charge in [0.1, 0.15) is 17.7 Å². The van der Waals surface area contributed by atoms with E-state index in [4.69, 9.17) is 4.74 Å². The van der Waals surface area contributed by atoms with Gasteiger partial charge in [0.25, 0.3) is 0 Å². The summed E-state index contributed by atoms with van der Waals surface area (Å²) in [6.45, 7) is 14.4. The highest BCUT2D eigenvalue weighted by atomic mass is 16.6. The third kappa shape index (κ3) is 10.1. The lowest BCUT2D eigenvalue weighted by Gasteiger charge is -2.36. The summed E-state index contributed by atoms with van der Waals surface area (Å²) in [5, 5.41) is 15.4. The summed E-state index contributed by atoms with van der Waals surface area (Å²) in [5.74, 6) is -0.864. The highest BCUT2D eigenvalue weighted by Crippen LogP contribution is 2.25. The fourth-order valence-corrected chi connectivity index (χ4v) is 3.49. The van der Waals surface area contributed by atoms with Crippen molar-refractivity contribution in [3.05, 3.63) is 35.4 Å². The van der Waals surface area contributed by atoms with Crippen molar-refractivity contribution in [1.29, 1.82) is 0 Å². The molecule has 0 saturated carbocycles. The van der Waals surface area contributed by atoms with E-state index in [9.17, 15) is 19.5 Å². The maximum atomic E-state index is 13.7. The highest BCUT2D eigenvalue weighted by molar-refractivity contribution is 5.92. The van der Waals surface area contributed by atoms with Crippen LogP contribution in [0.3, 0.4) is 0 Å². The zero-order valence-corrected chi connectivity index (χ0v) is 22.0. The van der Waals surface area contributed by atoms with Crippen LogP contribution in [0.2, 0.25) is 0 Å². The normalized spacial score (nSPS) is 13.6. The van der Waals surface area contributed by atoms with Crippen molar-refractivity contribution in [2.75, 3.05) is 13.2 Å². The molecule has 0 heterocycles. The smallest absolute Gasteiger partial charge is 0.408 e. The minimum absolute atomic E-state index is 0.301. The third-order valence-corrected chi connectivity index (χ3v) is 4.87. The number of benzene rings is 1. The van der Waals surface area contributed by atoms with E-state index in [1.165, 1.54) is 4.90 Å². The van der Waals surface area contributed by atoms with E-state index in [2.05, 4.69) is 17.6 Å². The summed E-state index contributed by atoms with van der Waals surface area (Å²) in [6.07, 6.45) is 1.68. The van der Waals surface area contributed by atoms with E-state index in [-0.39, 0.29) is 5.91 Å². The molecule has 0 aliphatic carbocycles. The van der Waals surface area contributed by atoms with Crippen LogP contribution >= 0.6 is 0 Å². The molecule has 0 bridgehead atoms. The molecule has 8 nitrogen and oxygen atoms in total. The lowest BCUT2D eigenvalue weighted by Crippen LogP contribution is -2.55. The molecule has 0 spiro atoms. The maximum Gasteiger partial charge on any atom is 0.408 e. The Bertz CT molecular complexity index is 826. The number of alkyl carbamates (subject to hydrolysis) is 1. The molecule has 8 heteroatoms. The summed E-state index contributed by atoms with van der Waals surface area (Å²) >= 11 is 0. The molecular formula is C26H43N3O5. The average molecular weight is 478 g/mol. The number of rotatable bonds is 10. The van der Waals surface area contributed by atoms with Gasteiger partial charge in [-0.25, -0.2) is 4.79 Å². The molecule has 192 valence electrons. The molecule has 1 rings (SSSR count). The molecule has 0 aliphatic heterocycles. The molecule has 34 heavy (non-hydrogen) atoms. The van der Waals surface area contributed by atoms with Gasteiger partial charge in [0.2, 0.25) is 11.8 Å². The largest absolute Gasteiger partial charge is 0.444 e. The number of nitrogens with one attached hydrogen (secondary N) is 2. The molecule has 2 unspecified atom stereocenters. The number of hydrogen-bond acceptors (Lipinski definition) is 5. The molecule has 0 fully saturated rings. The number of ether oxygens (including phenoxy) is 1. The Morgan fingerprint density at radius 2 is 1.74 bits per heavy atom. The Labute approximate surface area is 204 Å². The molecule has 3 N–H and O–H groups in total. The van der Waals surface area contributed by atoms with E-state index in [0.29, 0.717) is 18.5 Å². The van der Waals surface area contributed by atoms with Crippen molar-refractivity contribution < 1.29 is 24.2 Å². The van der Waals surface area contributed by atoms with Crippen LogP contribution in [0.25, 0.3) is 0 Å². The van der Waals surface area contributed by atoms with E-state index in [1.807, 2.05) is 52.0 Å². The first-order valence-corrected chi connectivity index (χ1v) is 12.0. The van der Waals surface area contributed by atoms with E-state index >= 15 is 0 Å². The number of nitrogens with zero attached hydrogens (tertiary/aromatic N) is 1. The second kappa shape index (κ2) is 12.7. The number of aliphatic hydroxyl groups is 1. The number of carbonyl (C=O) groups excluding carboxylic acids is 3. The van der Waals surface area contributed by atoms with E-state index in [1.54, 1.807) is 20.8 Å². The molecule has 1 aromatic carbocycles. The van der Waals surface area contributed by atoms with Gasteiger partial charge in [0, 0.05) is 12.1 Å². The SMILES string of the molecule is CCCCCN(C(=O)C(CO)NC(=O)OC(C)(C)C)C(C(=O)NC(C)(C)C)c1cccc(C)c1. The van der Waals surface area contributed by atoms with Gasteiger partial charge in [-0.05, 0) is 60.5 Å². The summed E-state index contributed by atoms with van der Waals surface area (Å²) < 4.78 is 5.26. The number of unbranched alkanes of at least 4 members (excludes halogenated alkanes) is 2. The third-order valence-electron chi connectivity index (χ3n) is 4.87. The first-order chi connectivity index (χ1) is 15.7. The zero-order chi connectivity index (χ0) is 26.1. The molecule has 0 saturated heterocycles. The van der Waals surface area contributed by atoms with Crippen LogP contribution in [0.5, 0.6) is 0 Å². The topological polar surface area (TPSA) is 108 Å². The Morgan fingerprint density at radius 3 is 2.24 bits per heavy atom. The van der Waals surface area contributed by atoms with Crippen molar-refractivity contribution in [2.24, 2.45) is 0 Å². The van der Waals surface area contributed by atoms with Gasteiger partial charge in [-0.2, -0.15) is 0 Å². The lowest BCUT2D eigenvalue weighted by atomic mass is 9.99. The highest BCUT2D eigenvalue weighted by Gasteiger charge is 2.36. The molecule has 1 aromatic rings. The Kier molecular flexibility index (Phi) is 11.0. The summed E-state index contributed by atoms with van der Waals surface area (Å²) in [5.41, 5.74) is 0.353. The number of amides is 3. The van der Waals surface area contributed by atoms with Crippen LogP contribution in [0.15, 0.2) is 24.3 Å². The number of carbonyl (C=O) groups is 3. The quantitative estimate of drug-likeness (QED) is 0.444. The van der Waals surface area contributed by atoms with Gasteiger partial charge >= 0.3 is 6.09 Å². The van der Waals surface area contributed by atoms with Crippen molar-refractivity contribution in [3.8, 4) is 0 Å². The summed E-state index contributed by atoms with van der Waals surface area (Å²) in [7, 11) is 0. The molecule has 0 aromatic heterocycles. The number of aryl methyl sites for hydroxylation is 1. The maximum absolute atomic E-state index is 13.7. The summed E-state index contributed by atoms with van der Waals surface area (Å²) in [6, 6.07) is 5.30.